The summed E-state index contributed by atoms with van der Waals surface area (Å²) in [5.41, 5.74) is 0.375. The molecule has 0 unspecified atom stereocenters. The van der Waals surface area contributed by atoms with Crippen molar-refractivity contribution < 1.29 is 14.7 Å². The molecule has 1 aromatic heterocycles. The second-order valence-corrected chi connectivity index (χ2v) is 3.14. The van der Waals surface area contributed by atoms with Crippen LogP contribution in [0.5, 0.6) is 0 Å². The highest BCUT2D eigenvalue weighted by atomic mass is 16.4. The minimum absolute atomic E-state index is 0.0280. The highest BCUT2D eigenvalue weighted by molar-refractivity contribution is 6.00. The van der Waals surface area contributed by atoms with Crippen molar-refractivity contribution in [1.82, 2.24) is 4.98 Å². The number of carbonyl (C=O) groups excluding carboxylic acids is 1. The van der Waals surface area contributed by atoms with Gasteiger partial charge in [0.05, 0.1) is 17.4 Å². The number of allylic oxidation sites excluding steroid dienone is 3. The summed E-state index contributed by atoms with van der Waals surface area (Å²) in [6.07, 6.45) is 9.03. The van der Waals surface area contributed by atoms with Crippen LogP contribution in [0, 0.1) is 0 Å². The number of pyridine rings is 1. The molecule has 1 heterocycles. The van der Waals surface area contributed by atoms with Crippen molar-refractivity contribution in [2.24, 2.45) is 0 Å². The van der Waals surface area contributed by atoms with Gasteiger partial charge in [-0.1, -0.05) is 18.2 Å². The number of hydrogen-bond acceptors (Lipinski definition) is 3. The van der Waals surface area contributed by atoms with E-state index in [1.54, 1.807) is 18.2 Å². The summed E-state index contributed by atoms with van der Waals surface area (Å²) < 4.78 is 0. The summed E-state index contributed by atoms with van der Waals surface area (Å²) in [7, 11) is 0. The zero-order valence-corrected chi connectivity index (χ0v) is 9.25. The number of aromatic nitrogens is 1. The molecule has 1 aromatic rings. The zero-order valence-electron chi connectivity index (χ0n) is 9.25. The van der Waals surface area contributed by atoms with Gasteiger partial charge < -0.3 is 10.4 Å². The SMILES string of the molecule is C/C=C/C=C/C(=O)Nc1cncc(C(=O)O)c1. The van der Waals surface area contributed by atoms with Gasteiger partial charge in [0.2, 0.25) is 5.91 Å². The third kappa shape index (κ3) is 4.29. The summed E-state index contributed by atoms with van der Waals surface area (Å²) in [5.74, 6) is -1.43. The number of nitrogens with zero attached hydrogens (tertiary/aromatic N) is 1. The number of carbonyl (C=O) groups is 2. The monoisotopic (exact) mass is 232 g/mol. The lowest BCUT2D eigenvalue weighted by Gasteiger charge is -2.01. The molecule has 0 saturated heterocycles. The van der Waals surface area contributed by atoms with Gasteiger partial charge in [0, 0.05) is 12.3 Å². The van der Waals surface area contributed by atoms with Gasteiger partial charge in [-0.15, -0.1) is 0 Å². The summed E-state index contributed by atoms with van der Waals surface area (Å²) in [6.45, 7) is 1.84. The van der Waals surface area contributed by atoms with Crippen LogP contribution in [0.25, 0.3) is 0 Å². The highest BCUT2D eigenvalue weighted by Gasteiger charge is 2.05. The van der Waals surface area contributed by atoms with Gasteiger partial charge in [-0.25, -0.2) is 4.79 Å². The fourth-order valence-corrected chi connectivity index (χ4v) is 1.06. The second-order valence-electron chi connectivity index (χ2n) is 3.14. The van der Waals surface area contributed by atoms with E-state index in [1.807, 2.05) is 6.92 Å². The largest absolute Gasteiger partial charge is 0.478 e. The lowest BCUT2D eigenvalue weighted by atomic mass is 10.2. The van der Waals surface area contributed by atoms with E-state index >= 15 is 0 Å². The van der Waals surface area contributed by atoms with Gasteiger partial charge in [0.25, 0.3) is 0 Å². The predicted molar refractivity (Wildman–Crippen MR) is 63.8 cm³/mol. The van der Waals surface area contributed by atoms with E-state index in [-0.39, 0.29) is 11.5 Å². The second kappa shape index (κ2) is 6.22. The Labute approximate surface area is 98.5 Å². The first kappa shape index (κ1) is 12.6. The maximum Gasteiger partial charge on any atom is 0.337 e. The van der Waals surface area contributed by atoms with Gasteiger partial charge in [-0.3, -0.25) is 9.78 Å². The Morgan fingerprint density at radius 2 is 2.12 bits per heavy atom. The smallest absolute Gasteiger partial charge is 0.337 e. The molecule has 1 amide bonds. The third-order valence-corrected chi connectivity index (χ3v) is 1.80. The summed E-state index contributed by atoms with van der Waals surface area (Å²) >= 11 is 0. The molecular weight excluding hydrogens is 220 g/mol. The Balaban J connectivity index is 2.71. The Bertz CT molecular complexity index is 478. The molecule has 17 heavy (non-hydrogen) atoms. The first-order valence-corrected chi connectivity index (χ1v) is 4.92. The standard InChI is InChI=1S/C12H12N2O3/c1-2-3-4-5-11(15)14-10-6-9(12(16)17)7-13-8-10/h2-8H,1H3,(H,14,15)(H,16,17)/b3-2+,5-4+. The lowest BCUT2D eigenvalue weighted by molar-refractivity contribution is -0.111. The van der Waals surface area contributed by atoms with Crippen LogP contribution in [0.1, 0.15) is 17.3 Å². The van der Waals surface area contributed by atoms with Gasteiger partial charge >= 0.3 is 5.97 Å². The maximum atomic E-state index is 11.4. The van der Waals surface area contributed by atoms with E-state index in [4.69, 9.17) is 5.11 Å². The highest BCUT2D eigenvalue weighted by Crippen LogP contribution is 2.08. The van der Waals surface area contributed by atoms with E-state index < -0.39 is 5.97 Å². The fraction of sp³-hybridized carbons (Fsp3) is 0.0833. The number of rotatable bonds is 4. The molecule has 88 valence electrons. The van der Waals surface area contributed by atoms with Crippen LogP contribution in [-0.4, -0.2) is 22.0 Å². The van der Waals surface area contributed by atoms with E-state index in [0.29, 0.717) is 5.69 Å². The van der Waals surface area contributed by atoms with Gasteiger partial charge in [-0.05, 0) is 13.0 Å². The molecule has 0 aliphatic carbocycles. The number of carboxylic acids is 1. The molecule has 5 heteroatoms. The van der Waals surface area contributed by atoms with Crippen LogP contribution < -0.4 is 5.32 Å². The molecule has 0 bridgehead atoms. The average molecular weight is 232 g/mol. The van der Waals surface area contributed by atoms with Crippen molar-refractivity contribution in [3.63, 3.8) is 0 Å². The van der Waals surface area contributed by atoms with Gasteiger partial charge in [-0.2, -0.15) is 0 Å². The first-order chi connectivity index (χ1) is 8.13. The topological polar surface area (TPSA) is 79.3 Å². The van der Waals surface area contributed by atoms with Crippen LogP contribution in [0.15, 0.2) is 42.8 Å². The van der Waals surface area contributed by atoms with Gasteiger partial charge in [0.15, 0.2) is 0 Å². The van der Waals surface area contributed by atoms with Crippen molar-refractivity contribution in [1.29, 1.82) is 0 Å². The predicted octanol–water partition coefficient (Wildman–Crippen LogP) is 1.85. The zero-order chi connectivity index (χ0) is 12.7. The van der Waals surface area contributed by atoms with Crippen molar-refractivity contribution in [3.8, 4) is 0 Å². The number of carboxylic acid groups (broad SMARTS) is 1. The number of anilines is 1. The Kier molecular flexibility index (Phi) is 4.62. The quantitative estimate of drug-likeness (QED) is 0.613. The molecule has 0 fully saturated rings. The number of hydrogen-bond donors (Lipinski definition) is 2. The molecule has 0 atom stereocenters. The van der Waals surface area contributed by atoms with E-state index in [0.717, 1.165) is 0 Å². The maximum absolute atomic E-state index is 11.4. The van der Waals surface area contributed by atoms with Crippen LogP contribution in [0.4, 0.5) is 5.69 Å². The van der Waals surface area contributed by atoms with Crippen molar-refractivity contribution in [2.45, 2.75) is 6.92 Å². The molecule has 0 aliphatic rings. The van der Waals surface area contributed by atoms with Crippen LogP contribution in [0.3, 0.4) is 0 Å². The molecule has 0 radical (unpaired) electrons. The molecule has 0 aliphatic heterocycles. The van der Waals surface area contributed by atoms with Crippen molar-refractivity contribution in [3.05, 3.63) is 48.3 Å². The first-order valence-electron chi connectivity index (χ1n) is 4.92. The molecule has 0 saturated carbocycles. The van der Waals surface area contributed by atoms with Crippen LogP contribution in [-0.2, 0) is 4.79 Å². The number of nitrogens with one attached hydrogen (secondary N) is 1. The number of aromatic carboxylic acids is 1. The molecule has 1 rings (SSSR count). The Morgan fingerprint density at radius 1 is 1.35 bits per heavy atom. The average Bonchev–Trinajstić information content (AvgIpc) is 2.29. The molecular formula is C12H12N2O3. The van der Waals surface area contributed by atoms with E-state index in [2.05, 4.69) is 10.3 Å². The minimum atomic E-state index is -1.09. The Hall–Kier alpha value is -2.43. The van der Waals surface area contributed by atoms with Crippen LogP contribution >= 0.6 is 0 Å². The van der Waals surface area contributed by atoms with Gasteiger partial charge in [0.1, 0.15) is 0 Å². The van der Waals surface area contributed by atoms with Crippen LogP contribution in [0.2, 0.25) is 0 Å². The molecule has 5 nitrogen and oxygen atoms in total. The summed E-state index contributed by atoms with van der Waals surface area (Å²) in [4.78, 5) is 25.8. The number of amides is 1. The molecule has 0 spiro atoms. The fourth-order valence-electron chi connectivity index (χ4n) is 1.06. The summed E-state index contributed by atoms with van der Waals surface area (Å²) in [5, 5.41) is 11.3. The third-order valence-electron chi connectivity index (χ3n) is 1.80. The lowest BCUT2D eigenvalue weighted by Crippen LogP contribution is -2.09. The van der Waals surface area contributed by atoms with E-state index in [9.17, 15) is 9.59 Å². The molecule has 0 aromatic carbocycles. The van der Waals surface area contributed by atoms with E-state index in [1.165, 1.54) is 24.5 Å². The van der Waals surface area contributed by atoms with Crippen molar-refractivity contribution in [2.75, 3.05) is 5.32 Å². The van der Waals surface area contributed by atoms with Crippen molar-refractivity contribution >= 4 is 17.6 Å². The minimum Gasteiger partial charge on any atom is -0.478 e. The Morgan fingerprint density at radius 3 is 2.76 bits per heavy atom. The normalized spacial score (nSPS) is 10.9. The molecule has 2 N–H and O–H groups in total. The summed E-state index contributed by atoms with van der Waals surface area (Å²) in [6, 6.07) is 1.34.